The molecule has 2 unspecified atom stereocenters. The number of pyridine rings is 1. The Labute approximate surface area is 98.0 Å². The van der Waals surface area contributed by atoms with Crippen molar-refractivity contribution in [3.05, 3.63) is 22.8 Å². The highest BCUT2D eigenvalue weighted by Gasteiger charge is 2.11. The van der Waals surface area contributed by atoms with Crippen molar-refractivity contribution >= 4 is 27.7 Å². The molecule has 0 bridgehead atoms. The largest absolute Gasteiger partial charge is 0.316 e. The second kappa shape index (κ2) is 5.73. The summed E-state index contributed by atoms with van der Waals surface area (Å²) in [4.78, 5) is 4.32. The van der Waals surface area contributed by atoms with Crippen LogP contribution in [0.15, 0.2) is 27.8 Å². The maximum Gasteiger partial charge on any atom is 0.0963 e. The predicted octanol–water partition coefficient (Wildman–Crippen LogP) is 2.93. The van der Waals surface area contributed by atoms with Gasteiger partial charge >= 0.3 is 0 Å². The number of rotatable bonds is 4. The molecular weight excluding hydrogens is 260 g/mol. The van der Waals surface area contributed by atoms with Crippen LogP contribution in [0.4, 0.5) is 0 Å². The number of aromatic nitrogens is 1. The molecule has 0 fully saturated rings. The van der Waals surface area contributed by atoms with E-state index in [0.29, 0.717) is 11.3 Å². The molecule has 0 radical (unpaired) electrons. The third kappa shape index (κ3) is 3.59. The summed E-state index contributed by atoms with van der Waals surface area (Å²) < 4.78 is 1.02. The Morgan fingerprint density at radius 2 is 2.14 bits per heavy atom. The third-order valence-electron chi connectivity index (χ3n) is 2.17. The first-order valence-corrected chi connectivity index (χ1v) is 6.26. The molecule has 0 aliphatic carbocycles. The lowest BCUT2D eigenvalue weighted by Gasteiger charge is -2.17. The van der Waals surface area contributed by atoms with E-state index in [1.165, 1.54) is 0 Å². The summed E-state index contributed by atoms with van der Waals surface area (Å²) in [5.74, 6) is 0. The highest BCUT2D eigenvalue weighted by molar-refractivity contribution is 9.10. The van der Waals surface area contributed by atoms with Crippen LogP contribution in [0.25, 0.3) is 0 Å². The summed E-state index contributed by atoms with van der Waals surface area (Å²) in [6.07, 6.45) is 1.83. The van der Waals surface area contributed by atoms with Crippen LogP contribution in [0, 0.1) is 0 Å². The van der Waals surface area contributed by atoms with Crippen LogP contribution in [0.2, 0.25) is 0 Å². The lowest BCUT2D eigenvalue weighted by atomic mass is 10.3. The fraction of sp³-hybridized carbons (Fsp3) is 0.500. The fourth-order valence-corrected chi connectivity index (χ4v) is 2.18. The first-order valence-electron chi connectivity index (χ1n) is 4.59. The van der Waals surface area contributed by atoms with Gasteiger partial charge in [0.25, 0.3) is 0 Å². The molecule has 4 heteroatoms. The molecule has 0 saturated carbocycles. The van der Waals surface area contributed by atoms with Gasteiger partial charge in [0, 0.05) is 22.0 Å². The summed E-state index contributed by atoms with van der Waals surface area (Å²) in [6, 6.07) is 4.55. The molecule has 0 aliphatic heterocycles. The second-order valence-electron chi connectivity index (χ2n) is 3.21. The van der Waals surface area contributed by atoms with Gasteiger partial charge in [-0.05, 0) is 42.0 Å². The molecule has 2 atom stereocenters. The van der Waals surface area contributed by atoms with Crippen LogP contribution >= 0.6 is 27.7 Å². The van der Waals surface area contributed by atoms with Gasteiger partial charge in [-0.25, -0.2) is 4.98 Å². The molecule has 1 heterocycles. The summed E-state index contributed by atoms with van der Waals surface area (Å²) in [5.41, 5.74) is 0. The van der Waals surface area contributed by atoms with Gasteiger partial charge in [-0.15, -0.1) is 11.8 Å². The summed E-state index contributed by atoms with van der Waals surface area (Å²) in [6.45, 7) is 4.38. The van der Waals surface area contributed by atoms with Gasteiger partial charge in [-0.3, -0.25) is 0 Å². The van der Waals surface area contributed by atoms with Crippen molar-refractivity contribution in [3.8, 4) is 0 Å². The Morgan fingerprint density at radius 3 is 2.64 bits per heavy atom. The van der Waals surface area contributed by atoms with E-state index in [9.17, 15) is 0 Å². The zero-order valence-corrected chi connectivity index (χ0v) is 11.0. The Kier molecular flexibility index (Phi) is 4.92. The number of hydrogen-bond acceptors (Lipinski definition) is 3. The third-order valence-corrected chi connectivity index (χ3v) is 3.90. The number of hydrogen-bond donors (Lipinski definition) is 1. The minimum absolute atomic E-state index is 0.491. The lowest BCUT2D eigenvalue weighted by molar-refractivity contribution is 0.605. The van der Waals surface area contributed by atoms with Crippen molar-refractivity contribution in [2.24, 2.45) is 0 Å². The monoisotopic (exact) mass is 274 g/mol. The Hall–Kier alpha value is -0.0600. The average Bonchev–Trinajstić information content (AvgIpc) is 2.20. The molecule has 2 nitrogen and oxygen atoms in total. The fourth-order valence-electron chi connectivity index (χ4n) is 0.959. The highest BCUT2D eigenvalue weighted by Crippen LogP contribution is 2.23. The van der Waals surface area contributed by atoms with Gasteiger partial charge in [0.2, 0.25) is 0 Å². The van der Waals surface area contributed by atoms with Crippen molar-refractivity contribution in [2.75, 3.05) is 7.05 Å². The number of nitrogens with one attached hydrogen (secondary N) is 1. The van der Waals surface area contributed by atoms with Crippen molar-refractivity contribution < 1.29 is 0 Å². The predicted molar refractivity (Wildman–Crippen MR) is 65.8 cm³/mol. The van der Waals surface area contributed by atoms with Gasteiger partial charge in [-0.2, -0.15) is 0 Å². The maximum atomic E-state index is 4.32. The molecule has 1 aromatic rings. The zero-order valence-electron chi connectivity index (χ0n) is 8.62. The number of nitrogens with zero attached hydrogens (tertiary/aromatic N) is 1. The van der Waals surface area contributed by atoms with Crippen molar-refractivity contribution in [1.29, 1.82) is 0 Å². The van der Waals surface area contributed by atoms with Crippen molar-refractivity contribution in [1.82, 2.24) is 10.3 Å². The molecule has 78 valence electrons. The average molecular weight is 275 g/mol. The smallest absolute Gasteiger partial charge is 0.0963 e. The van der Waals surface area contributed by atoms with E-state index in [1.807, 2.05) is 25.4 Å². The standard InChI is InChI=1S/C10H15BrN2S/c1-7(12-3)8(2)14-10-5-4-9(11)6-13-10/h4-8,12H,1-3H3. The molecule has 0 spiro atoms. The van der Waals surface area contributed by atoms with Crippen LogP contribution in [0.5, 0.6) is 0 Å². The van der Waals surface area contributed by atoms with Crippen LogP contribution in [0.3, 0.4) is 0 Å². The molecule has 0 aliphatic rings. The second-order valence-corrected chi connectivity index (χ2v) is 5.53. The quantitative estimate of drug-likeness (QED) is 0.855. The normalized spacial score (nSPS) is 15.1. The molecule has 0 saturated heterocycles. The van der Waals surface area contributed by atoms with E-state index in [0.717, 1.165) is 9.50 Å². The van der Waals surface area contributed by atoms with Gasteiger partial charge in [0.15, 0.2) is 0 Å². The van der Waals surface area contributed by atoms with Gasteiger partial charge < -0.3 is 5.32 Å². The number of halogens is 1. The summed E-state index contributed by atoms with van der Waals surface area (Å²) in [5, 5.41) is 4.83. The van der Waals surface area contributed by atoms with Gasteiger partial charge in [0.05, 0.1) is 5.03 Å². The van der Waals surface area contributed by atoms with Crippen LogP contribution in [0.1, 0.15) is 13.8 Å². The minimum atomic E-state index is 0.491. The zero-order chi connectivity index (χ0) is 10.6. The van der Waals surface area contributed by atoms with Crippen LogP contribution in [-0.2, 0) is 0 Å². The summed E-state index contributed by atoms with van der Waals surface area (Å²) in [7, 11) is 1.98. The van der Waals surface area contributed by atoms with Gasteiger partial charge in [0.1, 0.15) is 0 Å². The molecule has 1 rings (SSSR count). The van der Waals surface area contributed by atoms with E-state index < -0.39 is 0 Å². The molecule has 1 N–H and O–H groups in total. The van der Waals surface area contributed by atoms with Crippen molar-refractivity contribution in [2.45, 2.75) is 30.2 Å². The van der Waals surface area contributed by atoms with E-state index in [4.69, 9.17) is 0 Å². The lowest BCUT2D eigenvalue weighted by Crippen LogP contribution is -2.30. The van der Waals surface area contributed by atoms with E-state index in [-0.39, 0.29) is 0 Å². The van der Waals surface area contributed by atoms with E-state index in [2.05, 4.69) is 40.1 Å². The Bertz CT molecular complexity index is 276. The first kappa shape index (κ1) is 12.0. The number of thioether (sulfide) groups is 1. The van der Waals surface area contributed by atoms with Crippen LogP contribution in [-0.4, -0.2) is 23.3 Å². The highest BCUT2D eigenvalue weighted by atomic mass is 79.9. The topological polar surface area (TPSA) is 24.9 Å². The van der Waals surface area contributed by atoms with E-state index in [1.54, 1.807) is 11.8 Å². The van der Waals surface area contributed by atoms with E-state index >= 15 is 0 Å². The molecule has 0 aromatic carbocycles. The summed E-state index contributed by atoms with van der Waals surface area (Å²) >= 11 is 5.16. The SMILES string of the molecule is CNC(C)C(C)Sc1ccc(Br)cn1. The molecule has 0 amide bonds. The van der Waals surface area contributed by atoms with Gasteiger partial charge in [-0.1, -0.05) is 6.92 Å². The minimum Gasteiger partial charge on any atom is -0.316 e. The molecule has 14 heavy (non-hydrogen) atoms. The maximum absolute atomic E-state index is 4.32. The molecule has 1 aromatic heterocycles. The van der Waals surface area contributed by atoms with Crippen LogP contribution < -0.4 is 5.32 Å². The first-order chi connectivity index (χ1) is 6.63. The Morgan fingerprint density at radius 1 is 1.43 bits per heavy atom. The van der Waals surface area contributed by atoms with Crippen molar-refractivity contribution in [3.63, 3.8) is 0 Å². The molecular formula is C10H15BrN2S. The Balaban J connectivity index is 2.56.